The summed E-state index contributed by atoms with van der Waals surface area (Å²) >= 11 is 0. The second-order valence-corrected chi connectivity index (χ2v) is 7.33. The van der Waals surface area contributed by atoms with E-state index in [-0.39, 0.29) is 13.1 Å². The molecule has 0 aliphatic carbocycles. The van der Waals surface area contributed by atoms with Crippen molar-refractivity contribution >= 4 is 21.6 Å². The van der Waals surface area contributed by atoms with Crippen molar-refractivity contribution in [1.29, 1.82) is 0 Å². The second kappa shape index (κ2) is 8.32. The number of anilines is 1. The number of carbonyl (C=O) groups is 1. The van der Waals surface area contributed by atoms with Gasteiger partial charge in [0.25, 0.3) is 0 Å². The molecule has 0 saturated heterocycles. The minimum absolute atomic E-state index is 0.223. The van der Waals surface area contributed by atoms with Crippen LogP contribution in [-0.4, -0.2) is 64.9 Å². The molecule has 8 nitrogen and oxygen atoms in total. The lowest BCUT2D eigenvalue weighted by Crippen LogP contribution is -2.38. The Morgan fingerprint density at radius 3 is 2.67 bits per heavy atom. The van der Waals surface area contributed by atoms with E-state index < -0.39 is 15.9 Å². The summed E-state index contributed by atoms with van der Waals surface area (Å²) in [6.45, 7) is 1.34. The number of hydrogen-bond acceptors (Lipinski definition) is 6. The van der Waals surface area contributed by atoms with Gasteiger partial charge in [0, 0.05) is 32.0 Å². The summed E-state index contributed by atoms with van der Waals surface area (Å²) in [7, 11) is -1.93. The molecule has 0 atom stereocenters. The third-order valence-electron chi connectivity index (χ3n) is 3.37. The van der Waals surface area contributed by atoms with Crippen molar-refractivity contribution in [3.8, 4) is 11.5 Å². The summed E-state index contributed by atoms with van der Waals surface area (Å²) in [5.41, 5.74) is 0.523. The number of ether oxygens (including phenoxy) is 3. The third-order valence-corrected chi connectivity index (χ3v) is 4.62. The highest BCUT2D eigenvalue weighted by Crippen LogP contribution is 2.32. The zero-order valence-electron chi connectivity index (χ0n) is 13.8. The van der Waals surface area contributed by atoms with Crippen molar-refractivity contribution in [2.45, 2.75) is 6.42 Å². The van der Waals surface area contributed by atoms with Gasteiger partial charge in [-0.3, -0.25) is 4.79 Å². The average Bonchev–Trinajstić information content (AvgIpc) is 2.53. The van der Waals surface area contributed by atoms with E-state index in [0.717, 1.165) is 10.6 Å². The van der Waals surface area contributed by atoms with Crippen LogP contribution in [0.5, 0.6) is 11.5 Å². The number of amides is 1. The van der Waals surface area contributed by atoms with Crippen molar-refractivity contribution in [2.75, 3.05) is 51.6 Å². The molecule has 1 N–H and O–H groups in total. The maximum Gasteiger partial charge on any atom is 0.239 e. The van der Waals surface area contributed by atoms with E-state index in [1.165, 1.54) is 0 Å². The first-order chi connectivity index (χ1) is 11.4. The highest BCUT2D eigenvalue weighted by atomic mass is 32.2. The number of nitrogens with zero attached hydrogens (tertiary/aromatic N) is 1. The monoisotopic (exact) mass is 358 g/mol. The van der Waals surface area contributed by atoms with Gasteiger partial charge in [-0.15, -0.1) is 0 Å². The fourth-order valence-corrected chi connectivity index (χ4v) is 3.04. The van der Waals surface area contributed by atoms with Crippen LogP contribution in [0.2, 0.25) is 0 Å². The van der Waals surface area contributed by atoms with E-state index in [0.29, 0.717) is 43.4 Å². The van der Waals surface area contributed by atoms with Crippen molar-refractivity contribution in [3.63, 3.8) is 0 Å². The zero-order valence-corrected chi connectivity index (χ0v) is 14.6. The predicted molar refractivity (Wildman–Crippen MR) is 89.0 cm³/mol. The Labute approximate surface area is 141 Å². The van der Waals surface area contributed by atoms with Gasteiger partial charge in [-0.05, 0) is 18.6 Å². The van der Waals surface area contributed by atoms with Crippen LogP contribution in [0, 0.1) is 0 Å². The summed E-state index contributed by atoms with van der Waals surface area (Å²) in [5, 5.41) is 2.67. The molecule has 1 heterocycles. The topological polar surface area (TPSA) is 94.2 Å². The molecule has 0 aromatic heterocycles. The van der Waals surface area contributed by atoms with Crippen LogP contribution in [0.3, 0.4) is 0 Å². The SMILES string of the molecule is COCCCN(CC(=O)Nc1ccc2c(c1)OCCO2)S(C)(=O)=O. The first kappa shape index (κ1) is 18.5. The lowest BCUT2D eigenvalue weighted by atomic mass is 10.2. The van der Waals surface area contributed by atoms with Crippen LogP contribution in [0.4, 0.5) is 5.69 Å². The lowest BCUT2D eigenvalue weighted by molar-refractivity contribution is -0.116. The normalized spacial score (nSPS) is 13.8. The van der Waals surface area contributed by atoms with Gasteiger partial charge >= 0.3 is 0 Å². The minimum Gasteiger partial charge on any atom is -0.486 e. The molecule has 134 valence electrons. The molecule has 0 fully saturated rings. The smallest absolute Gasteiger partial charge is 0.239 e. The molecule has 1 aromatic rings. The van der Waals surface area contributed by atoms with Gasteiger partial charge in [0.15, 0.2) is 11.5 Å². The maximum atomic E-state index is 12.1. The van der Waals surface area contributed by atoms with Crippen LogP contribution in [0.25, 0.3) is 0 Å². The molecule has 1 aliphatic rings. The summed E-state index contributed by atoms with van der Waals surface area (Å²) in [6.07, 6.45) is 1.60. The van der Waals surface area contributed by atoms with Gasteiger partial charge in [0.05, 0.1) is 12.8 Å². The van der Waals surface area contributed by atoms with Gasteiger partial charge in [-0.25, -0.2) is 8.42 Å². The first-order valence-corrected chi connectivity index (χ1v) is 9.38. The number of methoxy groups -OCH3 is 1. The number of hydrogen-bond donors (Lipinski definition) is 1. The number of carbonyl (C=O) groups excluding carboxylic acids is 1. The Morgan fingerprint density at radius 1 is 1.29 bits per heavy atom. The molecule has 0 bridgehead atoms. The largest absolute Gasteiger partial charge is 0.486 e. The quantitative estimate of drug-likeness (QED) is 0.687. The van der Waals surface area contributed by atoms with Crippen LogP contribution in [0.15, 0.2) is 18.2 Å². The zero-order chi connectivity index (χ0) is 17.6. The molecular weight excluding hydrogens is 336 g/mol. The molecular formula is C15H22N2O6S. The fraction of sp³-hybridized carbons (Fsp3) is 0.533. The summed E-state index contributed by atoms with van der Waals surface area (Å²) in [5.74, 6) is 0.755. The van der Waals surface area contributed by atoms with Crippen LogP contribution in [0.1, 0.15) is 6.42 Å². The van der Waals surface area contributed by atoms with Crippen LogP contribution >= 0.6 is 0 Å². The Balaban J connectivity index is 1.97. The Kier molecular flexibility index (Phi) is 6.41. The maximum absolute atomic E-state index is 12.1. The van der Waals surface area contributed by atoms with Crippen molar-refractivity contribution < 1.29 is 27.4 Å². The molecule has 2 rings (SSSR count). The molecule has 24 heavy (non-hydrogen) atoms. The number of nitrogens with one attached hydrogen (secondary N) is 1. The summed E-state index contributed by atoms with van der Waals surface area (Å²) < 4.78 is 40.4. The molecule has 9 heteroatoms. The molecule has 0 spiro atoms. The van der Waals surface area contributed by atoms with Crippen molar-refractivity contribution in [1.82, 2.24) is 4.31 Å². The number of rotatable bonds is 8. The minimum atomic E-state index is -3.47. The van der Waals surface area contributed by atoms with E-state index in [1.807, 2.05) is 0 Å². The molecule has 1 aliphatic heterocycles. The Hall–Kier alpha value is -1.84. The van der Waals surface area contributed by atoms with E-state index >= 15 is 0 Å². The highest BCUT2D eigenvalue weighted by molar-refractivity contribution is 7.88. The lowest BCUT2D eigenvalue weighted by Gasteiger charge is -2.20. The first-order valence-electron chi connectivity index (χ1n) is 7.53. The second-order valence-electron chi connectivity index (χ2n) is 5.35. The number of benzene rings is 1. The Bertz CT molecular complexity index is 677. The molecule has 0 saturated carbocycles. The van der Waals surface area contributed by atoms with E-state index in [9.17, 15) is 13.2 Å². The summed E-state index contributed by atoms with van der Waals surface area (Å²) in [4.78, 5) is 12.1. The third kappa shape index (κ3) is 5.36. The van der Waals surface area contributed by atoms with Gasteiger partial charge < -0.3 is 19.5 Å². The molecule has 1 amide bonds. The van der Waals surface area contributed by atoms with E-state index in [1.54, 1.807) is 25.3 Å². The predicted octanol–water partition coefficient (Wildman–Crippen LogP) is 0.694. The van der Waals surface area contributed by atoms with Crippen molar-refractivity contribution in [2.24, 2.45) is 0 Å². The van der Waals surface area contributed by atoms with Crippen molar-refractivity contribution in [3.05, 3.63) is 18.2 Å². The number of fused-ring (bicyclic) bond motifs is 1. The Morgan fingerprint density at radius 2 is 2.00 bits per heavy atom. The van der Waals surface area contributed by atoms with Gasteiger partial charge in [-0.2, -0.15) is 4.31 Å². The fourth-order valence-electron chi connectivity index (χ4n) is 2.23. The van der Waals surface area contributed by atoms with Crippen LogP contribution in [-0.2, 0) is 19.6 Å². The van der Waals surface area contributed by atoms with E-state index in [2.05, 4.69) is 5.32 Å². The van der Waals surface area contributed by atoms with Gasteiger partial charge in [0.2, 0.25) is 15.9 Å². The molecule has 1 aromatic carbocycles. The van der Waals surface area contributed by atoms with E-state index in [4.69, 9.17) is 14.2 Å². The van der Waals surface area contributed by atoms with Crippen LogP contribution < -0.4 is 14.8 Å². The summed E-state index contributed by atoms with van der Waals surface area (Å²) in [6, 6.07) is 5.04. The van der Waals surface area contributed by atoms with Gasteiger partial charge in [0.1, 0.15) is 13.2 Å². The number of sulfonamides is 1. The highest BCUT2D eigenvalue weighted by Gasteiger charge is 2.20. The standard InChI is InChI=1S/C15H22N2O6S/c1-21-7-3-6-17(24(2,19)20)11-15(18)16-12-4-5-13-14(10-12)23-9-8-22-13/h4-5,10H,3,6-9,11H2,1-2H3,(H,16,18). The van der Waals surface area contributed by atoms with Gasteiger partial charge in [-0.1, -0.05) is 0 Å². The average molecular weight is 358 g/mol. The molecule has 0 radical (unpaired) electrons. The molecule has 0 unspecified atom stereocenters.